The highest BCUT2D eigenvalue weighted by molar-refractivity contribution is 5.92. The van der Waals surface area contributed by atoms with Crippen LogP contribution in [-0.4, -0.2) is 33.9 Å². The Morgan fingerprint density at radius 3 is 2.47 bits per heavy atom. The Kier molecular flexibility index (Phi) is 7.80. The minimum Gasteiger partial charge on any atom is -0.463 e. The summed E-state index contributed by atoms with van der Waals surface area (Å²) in [4.78, 5) is 20.5. The Hall–Kier alpha value is -4.20. The fourth-order valence-electron chi connectivity index (χ4n) is 4.53. The van der Waals surface area contributed by atoms with Crippen molar-refractivity contribution in [1.82, 2.24) is 9.88 Å². The largest absolute Gasteiger partial charge is 0.463 e. The number of alkyl halides is 3. The van der Waals surface area contributed by atoms with Crippen LogP contribution in [0.1, 0.15) is 42.3 Å². The van der Waals surface area contributed by atoms with Crippen LogP contribution < -0.4 is 4.90 Å². The molecule has 0 spiro atoms. The standard InChI is InChI=1S/C28H25F3N4O3/c1-3-38-26(36)24-18(2)35(23-9-6-7-21(15-23)28(29,30)31)27(37)34(17-22-8-4-5-14-33-22)25(24)20-12-10-19(16-32)11-13-20/h4-15,25,27,37H,3,17H2,1-2H3. The number of nitrogens with zero attached hydrogens (tertiary/aromatic N) is 4. The molecular formula is C28H25F3N4O3. The van der Waals surface area contributed by atoms with Gasteiger partial charge in [0.25, 0.3) is 0 Å². The number of aromatic nitrogens is 1. The molecular weight excluding hydrogens is 497 g/mol. The van der Waals surface area contributed by atoms with Crippen molar-refractivity contribution in [2.24, 2.45) is 0 Å². The minimum atomic E-state index is -4.60. The zero-order valence-corrected chi connectivity index (χ0v) is 20.7. The number of halogens is 3. The zero-order valence-electron chi connectivity index (χ0n) is 20.7. The molecule has 1 aliphatic rings. The van der Waals surface area contributed by atoms with E-state index in [2.05, 4.69) is 4.98 Å². The molecule has 3 aromatic rings. The van der Waals surface area contributed by atoms with Crippen LogP contribution in [0.3, 0.4) is 0 Å². The van der Waals surface area contributed by atoms with Crippen LogP contribution in [0, 0.1) is 11.3 Å². The Morgan fingerprint density at radius 1 is 1.13 bits per heavy atom. The summed E-state index contributed by atoms with van der Waals surface area (Å²) < 4.78 is 46.0. The number of nitriles is 1. The fourth-order valence-corrected chi connectivity index (χ4v) is 4.53. The molecule has 2 atom stereocenters. The number of benzene rings is 2. The number of esters is 1. The normalized spacial score (nSPS) is 18.3. The number of aliphatic hydroxyl groups excluding tert-OH is 1. The summed E-state index contributed by atoms with van der Waals surface area (Å²) in [5.41, 5.74) is 1.11. The third-order valence-electron chi connectivity index (χ3n) is 6.26. The van der Waals surface area contributed by atoms with E-state index in [4.69, 9.17) is 4.74 Å². The smallest absolute Gasteiger partial charge is 0.416 e. The molecule has 0 amide bonds. The van der Waals surface area contributed by atoms with Crippen molar-refractivity contribution in [2.45, 2.75) is 39.0 Å². The van der Waals surface area contributed by atoms with E-state index in [0.717, 1.165) is 12.1 Å². The maximum atomic E-state index is 13.5. The monoisotopic (exact) mass is 522 g/mol. The number of rotatable bonds is 6. The molecule has 196 valence electrons. The van der Waals surface area contributed by atoms with Gasteiger partial charge in [0, 0.05) is 24.1 Å². The highest BCUT2D eigenvalue weighted by Crippen LogP contribution is 2.43. The second-order valence-corrected chi connectivity index (χ2v) is 8.61. The molecule has 38 heavy (non-hydrogen) atoms. The summed E-state index contributed by atoms with van der Waals surface area (Å²) >= 11 is 0. The van der Waals surface area contributed by atoms with Crippen LogP contribution in [-0.2, 0) is 22.3 Å². The number of anilines is 1. The quantitative estimate of drug-likeness (QED) is 0.448. The van der Waals surface area contributed by atoms with Crippen molar-refractivity contribution in [3.63, 3.8) is 0 Å². The molecule has 0 bridgehead atoms. The lowest BCUT2D eigenvalue weighted by molar-refractivity contribution is -0.141. The number of allylic oxidation sites excluding steroid dienone is 1. The maximum absolute atomic E-state index is 13.5. The molecule has 0 saturated heterocycles. The van der Waals surface area contributed by atoms with Gasteiger partial charge in [-0.15, -0.1) is 0 Å². The van der Waals surface area contributed by atoms with E-state index in [1.807, 2.05) is 6.07 Å². The van der Waals surface area contributed by atoms with Crippen molar-refractivity contribution in [3.05, 3.63) is 107 Å². The van der Waals surface area contributed by atoms with Gasteiger partial charge in [-0.3, -0.25) is 4.98 Å². The van der Waals surface area contributed by atoms with Crippen molar-refractivity contribution in [1.29, 1.82) is 5.26 Å². The van der Waals surface area contributed by atoms with Crippen LogP contribution in [0.2, 0.25) is 0 Å². The topological polar surface area (TPSA) is 89.7 Å². The second-order valence-electron chi connectivity index (χ2n) is 8.61. The first-order chi connectivity index (χ1) is 18.2. The van der Waals surface area contributed by atoms with Gasteiger partial charge >= 0.3 is 12.1 Å². The number of aliphatic hydroxyl groups is 1. The number of carbonyl (C=O) groups excluding carboxylic acids is 1. The molecule has 1 aliphatic heterocycles. The SMILES string of the molecule is CCOC(=O)C1=C(C)N(c2cccc(C(F)(F)F)c2)C(O)N(Cc2ccccn2)C1c1ccc(C#N)cc1. The van der Waals surface area contributed by atoms with Gasteiger partial charge in [-0.05, 0) is 61.9 Å². The van der Waals surface area contributed by atoms with Gasteiger partial charge in [0.15, 0.2) is 6.35 Å². The van der Waals surface area contributed by atoms with Crippen molar-refractivity contribution in [3.8, 4) is 6.07 Å². The summed E-state index contributed by atoms with van der Waals surface area (Å²) in [5, 5.41) is 20.9. The molecule has 1 N–H and O–H groups in total. The van der Waals surface area contributed by atoms with E-state index in [-0.39, 0.29) is 30.1 Å². The molecule has 2 aromatic carbocycles. The number of hydrogen-bond donors (Lipinski definition) is 1. The zero-order chi connectivity index (χ0) is 27.4. The summed E-state index contributed by atoms with van der Waals surface area (Å²) in [6.45, 7) is 3.34. The molecule has 2 unspecified atom stereocenters. The third kappa shape index (κ3) is 5.39. The summed E-state index contributed by atoms with van der Waals surface area (Å²) in [6.07, 6.45) is -4.49. The van der Waals surface area contributed by atoms with Gasteiger partial charge < -0.3 is 14.7 Å². The maximum Gasteiger partial charge on any atom is 0.416 e. The van der Waals surface area contributed by atoms with Gasteiger partial charge in [0.2, 0.25) is 0 Å². The Bertz CT molecular complexity index is 1370. The number of pyridine rings is 1. The molecule has 4 rings (SSSR count). The molecule has 10 heteroatoms. The van der Waals surface area contributed by atoms with E-state index in [9.17, 15) is 28.3 Å². The van der Waals surface area contributed by atoms with E-state index >= 15 is 0 Å². The van der Waals surface area contributed by atoms with Gasteiger partial charge in [0.1, 0.15) is 0 Å². The van der Waals surface area contributed by atoms with E-state index in [1.165, 1.54) is 17.0 Å². The highest BCUT2D eigenvalue weighted by Gasteiger charge is 2.44. The number of ether oxygens (including phenoxy) is 1. The van der Waals surface area contributed by atoms with Gasteiger partial charge in [-0.25, -0.2) is 9.69 Å². The van der Waals surface area contributed by atoms with Crippen LogP contribution in [0.25, 0.3) is 0 Å². The van der Waals surface area contributed by atoms with Gasteiger partial charge in [0.05, 0.1) is 41.1 Å². The molecule has 0 radical (unpaired) electrons. The first kappa shape index (κ1) is 26.9. The van der Waals surface area contributed by atoms with Gasteiger partial charge in [-0.1, -0.05) is 24.3 Å². The number of hydrogen-bond acceptors (Lipinski definition) is 7. The molecule has 0 fully saturated rings. The molecule has 1 aromatic heterocycles. The van der Waals surface area contributed by atoms with Crippen LogP contribution in [0.5, 0.6) is 0 Å². The van der Waals surface area contributed by atoms with Crippen molar-refractivity contribution in [2.75, 3.05) is 11.5 Å². The molecule has 7 nitrogen and oxygen atoms in total. The van der Waals surface area contributed by atoms with Crippen LogP contribution >= 0.6 is 0 Å². The first-order valence-corrected chi connectivity index (χ1v) is 11.8. The van der Waals surface area contributed by atoms with E-state index in [0.29, 0.717) is 16.8 Å². The Balaban J connectivity index is 1.94. The lowest BCUT2D eigenvalue weighted by Crippen LogP contribution is -2.54. The van der Waals surface area contributed by atoms with E-state index < -0.39 is 30.1 Å². The second kappa shape index (κ2) is 11.0. The highest BCUT2D eigenvalue weighted by atomic mass is 19.4. The lowest BCUT2D eigenvalue weighted by atomic mass is 9.91. The molecule has 0 aliphatic carbocycles. The predicted octanol–water partition coefficient (Wildman–Crippen LogP) is 5.15. The lowest BCUT2D eigenvalue weighted by Gasteiger charge is -2.47. The van der Waals surface area contributed by atoms with Crippen molar-refractivity contribution < 1.29 is 27.8 Å². The average Bonchev–Trinajstić information content (AvgIpc) is 2.90. The Morgan fingerprint density at radius 2 is 1.87 bits per heavy atom. The minimum absolute atomic E-state index is 0.0518. The summed E-state index contributed by atoms with van der Waals surface area (Å²) in [5.74, 6) is -0.672. The van der Waals surface area contributed by atoms with Gasteiger partial charge in [-0.2, -0.15) is 18.4 Å². The fraction of sp³-hybridized carbons (Fsp3) is 0.250. The van der Waals surface area contributed by atoms with Crippen LogP contribution in [0.15, 0.2) is 84.2 Å². The summed E-state index contributed by atoms with van der Waals surface area (Å²) in [7, 11) is 0. The molecule has 2 heterocycles. The number of carbonyl (C=O) groups is 1. The third-order valence-corrected chi connectivity index (χ3v) is 6.26. The van der Waals surface area contributed by atoms with E-state index in [1.54, 1.807) is 67.4 Å². The average molecular weight is 523 g/mol. The first-order valence-electron chi connectivity index (χ1n) is 11.8. The van der Waals surface area contributed by atoms with Crippen LogP contribution in [0.4, 0.5) is 18.9 Å². The van der Waals surface area contributed by atoms with Crippen molar-refractivity contribution >= 4 is 11.7 Å². The summed E-state index contributed by atoms with van der Waals surface area (Å²) in [6, 6.07) is 17.5. The Labute approximate surface area is 218 Å². The molecule has 0 saturated carbocycles. The predicted molar refractivity (Wildman–Crippen MR) is 133 cm³/mol.